The molecule has 15 heavy (non-hydrogen) atoms. The van der Waals surface area contributed by atoms with Crippen LogP contribution in [0.5, 0.6) is 0 Å². The van der Waals surface area contributed by atoms with E-state index in [4.69, 9.17) is 18.9 Å². The largest absolute Gasteiger partial charge is 0.517 e. The minimum atomic E-state index is -0.509. The van der Waals surface area contributed by atoms with Crippen molar-refractivity contribution < 1.29 is 40.7 Å². The third-order valence-corrected chi connectivity index (χ3v) is 1.40. The Morgan fingerprint density at radius 3 is 1.47 bits per heavy atom. The van der Waals surface area contributed by atoms with E-state index in [1.54, 1.807) is 0 Å². The Morgan fingerprint density at radius 1 is 0.800 bits per heavy atom. The Labute approximate surface area is 107 Å². The van der Waals surface area contributed by atoms with E-state index in [9.17, 15) is 0 Å². The molecule has 0 radical (unpaired) electrons. The summed E-state index contributed by atoms with van der Waals surface area (Å²) in [6.45, 7) is 9.83. The van der Waals surface area contributed by atoms with Gasteiger partial charge in [-0.15, -0.1) is 0 Å². The smallest absolute Gasteiger partial charge is 0.0835 e. The Kier molecular flexibility index (Phi) is 15.1. The Bertz CT molecular complexity index is 98.0. The quantitative estimate of drug-likeness (QED) is 0.357. The molecule has 0 aromatic rings. The second kappa shape index (κ2) is 12.6. The summed E-state index contributed by atoms with van der Waals surface area (Å²) in [5.41, 5.74) is 0. The van der Waals surface area contributed by atoms with Crippen LogP contribution in [0.1, 0.15) is 27.7 Å². The average molecular weight is 253 g/mol. The molecule has 0 saturated carbocycles. The maximum absolute atomic E-state index is 5.34. The fourth-order valence-electron chi connectivity index (χ4n) is 0.949. The van der Waals surface area contributed by atoms with E-state index in [2.05, 4.69) is 0 Å². The van der Waals surface area contributed by atoms with Gasteiger partial charge in [0, 0.05) is 48.1 Å². The van der Waals surface area contributed by atoms with Crippen LogP contribution in [-0.4, -0.2) is 32.7 Å². The van der Waals surface area contributed by atoms with Gasteiger partial charge in [-0.25, -0.2) is 0 Å². The van der Waals surface area contributed by atoms with Crippen LogP contribution in [0, 0.1) is 6.29 Å². The summed E-state index contributed by atoms with van der Waals surface area (Å²) in [5, 5.41) is 0. The van der Waals surface area contributed by atoms with Gasteiger partial charge in [0.1, 0.15) is 0 Å². The molecule has 4 nitrogen and oxygen atoms in total. The van der Waals surface area contributed by atoms with Crippen LogP contribution in [0.2, 0.25) is 0 Å². The molecule has 0 bridgehead atoms. The van der Waals surface area contributed by atoms with Crippen molar-refractivity contribution in [3.8, 4) is 0 Å². The fourth-order valence-corrected chi connectivity index (χ4v) is 0.949. The van der Waals surface area contributed by atoms with E-state index in [-0.39, 0.29) is 21.7 Å². The van der Waals surface area contributed by atoms with Gasteiger partial charge in [-0.1, -0.05) is 0 Å². The summed E-state index contributed by atoms with van der Waals surface area (Å²) in [5.74, 6) is 0. The van der Waals surface area contributed by atoms with Crippen molar-refractivity contribution in [3.63, 3.8) is 0 Å². The third-order valence-electron chi connectivity index (χ3n) is 1.40. The van der Waals surface area contributed by atoms with Crippen molar-refractivity contribution in [2.75, 3.05) is 26.4 Å². The Balaban J connectivity index is 0. The molecule has 0 spiro atoms. The molecule has 0 aliphatic rings. The summed E-state index contributed by atoms with van der Waals surface area (Å²) in [6.07, 6.45) is -0.0939. The first kappa shape index (κ1) is 17.9. The number of hydrogen-bond acceptors (Lipinski definition) is 4. The van der Waals surface area contributed by atoms with Crippen LogP contribution in [0.15, 0.2) is 0 Å². The molecule has 0 aliphatic carbocycles. The van der Waals surface area contributed by atoms with Gasteiger partial charge in [0.15, 0.2) is 0 Å². The van der Waals surface area contributed by atoms with E-state index in [0.717, 1.165) is 0 Å². The van der Waals surface area contributed by atoms with Gasteiger partial charge >= 0.3 is 0 Å². The summed E-state index contributed by atoms with van der Waals surface area (Å²) >= 11 is 0. The van der Waals surface area contributed by atoms with Gasteiger partial charge < -0.3 is 18.9 Å². The van der Waals surface area contributed by atoms with Gasteiger partial charge in [-0.2, -0.15) is 0 Å². The Morgan fingerprint density at radius 2 is 1.20 bits per heavy atom. The topological polar surface area (TPSA) is 36.9 Å². The third kappa shape index (κ3) is 8.37. The van der Waals surface area contributed by atoms with E-state index in [0.29, 0.717) is 32.7 Å². The molecule has 0 amide bonds. The van der Waals surface area contributed by atoms with Crippen molar-refractivity contribution in [2.24, 2.45) is 0 Å². The van der Waals surface area contributed by atoms with Crippen LogP contribution in [0.25, 0.3) is 0 Å². The van der Waals surface area contributed by atoms with Gasteiger partial charge in [-0.3, -0.25) is 0 Å². The molecule has 0 saturated heterocycles. The summed E-state index contributed by atoms with van der Waals surface area (Å²) in [6, 6.07) is 0. The molecule has 90 valence electrons. The summed E-state index contributed by atoms with van der Waals surface area (Å²) in [7, 11) is 0. The van der Waals surface area contributed by atoms with Crippen molar-refractivity contribution in [1.29, 1.82) is 0 Å². The van der Waals surface area contributed by atoms with E-state index in [1.807, 2.05) is 27.7 Å². The van der Waals surface area contributed by atoms with Crippen molar-refractivity contribution >= 4 is 0 Å². The maximum Gasteiger partial charge on any atom is 0.0835 e. The van der Waals surface area contributed by atoms with Crippen molar-refractivity contribution in [1.82, 2.24) is 0 Å². The molecule has 0 fully saturated rings. The van der Waals surface area contributed by atoms with Crippen LogP contribution in [0.4, 0.5) is 0 Å². The van der Waals surface area contributed by atoms with E-state index in [1.165, 1.54) is 0 Å². The molecule has 0 unspecified atom stereocenters. The first-order valence-electron chi connectivity index (χ1n) is 5.15. The zero-order valence-electron chi connectivity index (χ0n) is 10.0. The number of hydrogen-bond donors (Lipinski definition) is 0. The molecule has 5 heteroatoms. The predicted octanol–water partition coefficient (Wildman–Crippen LogP) is 1.95. The van der Waals surface area contributed by atoms with Gasteiger partial charge in [0.2, 0.25) is 0 Å². The molecule has 0 aromatic heterocycles. The standard InChI is InChI=1S/C10H21O4.Ti/c1-5-11-9(12-6-2)10(13-7-3)14-8-4;/h9H,5-8H2,1-4H3;/q-1;. The van der Waals surface area contributed by atoms with Gasteiger partial charge in [0.05, 0.1) is 6.29 Å². The molecule has 0 heterocycles. The molecule has 0 aromatic carbocycles. The van der Waals surface area contributed by atoms with Crippen molar-refractivity contribution in [3.05, 3.63) is 6.29 Å². The van der Waals surface area contributed by atoms with Crippen LogP contribution in [0.3, 0.4) is 0 Å². The number of ether oxygens (including phenoxy) is 4. The van der Waals surface area contributed by atoms with E-state index < -0.39 is 6.29 Å². The monoisotopic (exact) mass is 253 g/mol. The molecule has 0 aliphatic heterocycles. The first-order chi connectivity index (χ1) is 6.79. The predicted molar refractivity (Wildman–Crippen MR) is 53.5 cm³/mol. The molecule has 0 rings (SSSR count). The molecule has 0 N–H and O–H groups in total. The van der Waals surface area contributed by atoms with Crippen LogP contribution >= 0.6 is 0 Å². The van der Waals surface area contributed by atoms with Crippen LogP contribution < -0.4 is 0 Å². The first-order valence-corrected chi connectivity index (χ1v) is 5.15. The average Bonchev–Trinajstić information content (AvgIpc) is 2.17. The fraction of sp³-hybridized carbons (Fsp3) is 0.900. The zero-order valence-corrected chi connectivity index (χ0v) is 11.6. The molecular weight excluding hydrogens is 232 g/mol. The summed E-state index contributed by atoms with van der Waals surface area (Å²) < 4.78 is 21.3. The SMILES string of the molecule is CCO[C-](OCC)C(OCC)OCC.[Ti]. The van der Waals surface area contributed by atoms with Crippen LogP contribution in [-0.2, 0) is 40.7 Å². The Hall–Kier alpha value is 0.554. The minimum Gasteiger partial charge on any atom is -0.517 e. The van der Waals surface area contributed by atoms with Gasteiger partial charge in [0.25, 0.3) is 0 Å². The molecular formula is C10H21O4Ti-. The van der Waals surface area contributed by atoms with Gasteiger partial charge in [-0.05, 0) is 34.0 Å². The second-order valence-electron chi connectivity index (χ2n) is 2.43. The van der Waals surface area contributed by atoms with Crippen molar-refractivity contribution in [2.45, 2.75) is 34.0 Å². The minimum absolute atomic E-state index is 0. The number of rotatable bonds is 9. The summed E-state index contributed by atoms with van der Waals surface area (Å²) in [4.78, 5) is 0. The van der Waals surface area contributed by atoms with E-state index >= 15 is 0 Å². The second-order valence-corrected chi connectivity index (χ2v) is 2.43. The maximum atomic E-state index is 5.34. The normalized spacial score (nSPS) is 10.8. The zero-order chi connectivity index (χ0) is 10.8. The molecule has 0 atom stereocenters.